The van der Waals surface area contributed by atoms with Crippen LogP contribution < -0.4 is 19.7 Å². The van der Waals surface area contributed by atoms with Crippen molar-refractivity contribution < 1.29 is 9.47 Å². The van der Waals surface area contributed by atoms with Crippen molar-refractivity contribution in [3.8, 4) is 11.5 Å². The van der Waals surface area contributed by atoms with Crippen LogP contribution in [0, 0.1) is 0 Å². The second kappa shape index (κ2) is 7.52. The Kier molecular flexibility index (Phi) is 4.92. The van der Waals surface area contributed by atoms with Gasteiger partial charge in [-0.25, -0.2) is 0 Å². The van der Waals surface area contributed by atoms with E-state index in [0.717, 1.165) is 22.7 Å². The zero-order valence-electron chi connectivity index (χ0n) is 16.0. The average molecular weight is 395 g/mol. The smallest absolute Gasteiger partial charge is 0.174 e. The van der Waals surface area contributed by atoms with Crippen molar-refractivity contribution in [2.45, 2.75) is 12.1 Å². The van der Waals surface area contributed by atoms with Crippen LogP contribution in [0.4, 0.5) is 5.69 Å². The van der Waals surface area contributed by atoms with E-state index in [0.29, 0.717) is 10.9 Å². The van der Waals surface area contributed by atoms with Gasteiger partial charge in [0.15, 0.2) is 5.11 Å². The molecule has 0 amide bonds. The van der Waals surface area contributed by atoms with Gasteiger partial charge in [0.2, 0.25) is 0 Å². The van der Waals surface area contributed by atoms with Crippen molar-refractivity contribution in [2.75, 3.05) is 19.1 Å². The summed E-state index contributed by atoms with van der Waals surface area (Å²) in [7, 11) is 5.30. The molecule has 2 atom stereocenters. The van der Waals surface area contributed by atoms with Crippen molar-refractivity contribution in [3.05, 3.63) is 72.3 Å². The third-order valence-corrected chi connectivity index (χ3v) is 5.26. The van der Waals surface area contributed by atoms with Crippen LogP contribution in [0.2, 0.25) is 0 Å². The molecule has 1 aliphatic rings. The summed E-state index contributed by atoms with van der Waals surface area (Å²) in [4.78, 5) is 6.67. The summed E-state index contributed by atoms with van der Waals surface area (Å²) in [6.07, 6.45) is 5.95. The third kappa shape index (κ3) is 3.18. The first-order valence-electron chi connectivity index (χ1n) is 8.97. The first-order valence-corrected chi connectivity index (χ1v) is 9.37. The van der Waals surface area contributed by atoms with Crippen LogP contribution in [0.15, 0.2) is 61.1 Å². The molecular formula is C21H22N4O2S. The second-order valence-corrected chi connectivity index (χ2v) is 7.03. The average Bonchev–Trinajstić information content (AvgIpc) is 3.30. The fourth-order valence-corrected chi connectivity index (χ4v) is 3.98. The van der Waals surface area contributed by atoms with E-state index in [1.54, 1.807) is 20.4 Å². The zero-order valence-corrected chi connectivity index (χ0v) is 16.8. The Morgan fingerprint density at radius 3 is 2.61 bits per heavy atom. The van der Waals surface area contributed by atoms with Crippen LogP contribution in [0.5, 0.6) is 11.5 Å². The lowest BCUT2D eigenvalue weighted by Gasteiger charge is -2.28. The van der Waals surface area contributed by atoms with Gasteiger partial charge in [0.1, 0.15) is 11.5 Å². The summed E-state index contributed by atoms with van der Waals surface area (Å²) in [6.45, 7) is 0. The Bertz CT molecular complexity index is 989. The molecule has 0 saturated carbocycles. The van der Waals surface area contributed by atoms with Gasteiger partial charge in [0, 0.05) is 31.7 Å². The molecular weight excluding hydrogens is 372 g/mol. The van der Waals surface area contributed by atoms with Crippen molar-refractivity contribution in [3.63, 3.8) is 0 Å². The maximum atomic E-state index is 5.75. The number of aryl methyl sites for hydroxylation is 1. The number of hydrogen-bond donors (Lipinski definition) is 1. The van der Waals surface area contributed by atoms with Gasteiger partial charge in [0.25, 0.3) is 0 Å². The summed E-state index contributed by atoms with van der Waals surface area (Å²) in [6, 6.07) is 13.6. The maximum Gasteiger partial charge on any atom is 0.174 e. The fraction of sp³-hybridized carbons (Fsp3) is 0.238. The van der Waals surface area contributed by atoms with E-state index in [-0.39, 0.29) is 12.1 Å². The molecule has 0 spiro atoms. The lowest BCUT2D eigenvalue weighted by molar-refractivity contribution is 0.394. The molecule has 0 bridgehead atoms. The van der Waals surface area contributed by atoms with Gasteiger partial charge in [-0.15, -0.1) is 0 Å². The topological polar surface area (TPSA) is 51.5 Å². The minimum atomic E-state index is -0.0806. The van der Waals surface area contributed by atoms with Crippen molar-refractivity contribution in [1.29, 1.82) is 0 Å². The van der Waals surface area contributed by atoms with Crippen LogP contribution in [-0.4, -0.2) is 28.9 Å². The van der Waals surface area contributed by atoms with E-state index >= 15 is 0 Å². The molecule has 6 nitrogen and oxygen atoms in total. The Morgan fingerprint density at radius 2 is 1.96 bits per heavy atom. The molecule has 0 aliphatic carbocycles. The number of benzene rings is 1. The normalized spacial score (nSPS) is 18.8. The monoisotopic (exact) mass is 394 g/mol. The Hall–Kier alpha value is -3.06. The minimum absolute atomic E-state index is 0.0640. The van der Waals surface area contributed by atoms with E-state index in [9.17, 15) is 0 Å². The third-order valence-electron chi connectivity index (χ3n) is 4.94. The number of nitrogens with one attached hydrogen (secondary N) is 1. The molecule has 2 aromatic heterocycles. The predicted molar refractivity (Wildman–Crippen MR) is 113 cm³/mol. The molecule has 4 rings (SSSR count). The molecule has 3 aromatic rings. The van der Waals surface area contributed by atoms with E-state index < -0.39 is 0 Å². The van der Waals surface area contributed by atoms with Crippen LogP contribution >= 0.6 is 12.2 Å². The van der Waals surface area contributed by atoms with Gasteiger partial charge in [-0.1, -0.05) is 6.07 Å². The number of anilines is 1. The van der Waals surface area contributed by atoms with Gasteiger partial charge < -0.3 is 24.3 Å². The molecule has 0 radical (unpaired) electrons. The highest BCUT2D eigenvalue weighted by atomic mass is 32.1. The molecule has 144 valence electrons. The molecule has 1 aliphatic heterocycles. The Labute approximate surface area is 169 Å². The minimum Gasteiger partial charge on any atom is -0.497 e. The maximum absolute atomic E-state index is 5.75. The lowest BCUT2D eigenvalue weighted by atomic mass is 9.98. The zero-order chi connectivity index (χ0) is 19.7. The summed E-state index contributed by atoms with van der Waals surface area (Å²) in [5, 5.41) is 4.09. The van der Waals surface area contributed by atoms with Gasteiger partial charge >= 0.3 is 0 Å². The molecule has 1 saturated heterocycles. The molecule has 7 heteroatoms. The molecule has 1 fully saturated rings. The predicted octanol–water partition coefficient (Wildman–Crippen LogP) is 3.61. The van der Waals surface area contributed by atoms with Crippen molar-refractivity contribution >= 4 is 23.0 Å². The lowest BCUT2D eigenvalue weighted by Crippen LogP contribution is -2.29. The summed E-state index contributed by atoms with van der Waals surface area (Å²) in [5.74, 6) is 1.43. The number of aromatic nitrogens is 2. The number of pyridine rings is 1. The van der Waals surface area contributed by atoms with E-state index in [1.807, 2.05) is 54.2 Å². The van der Waals surface area contributed by atoms with Gasteiger partial charge in [-0.3, -0.25) is 4.98 Å². The first-order chi connectivity index (χ1) is 13.6. The molecule has 28 heavy (non-hydrogen) atoms. The SMILES string of the molecule is COc1ccc(N2C(=S)N[C@H](c3ccccn3)[C@@H]2c2ccn(C)c2)c(OC)c1. The summed E-state index contributed by atoms with van der Waals surface area (Å²) in [5.41, 5.74) is 2.96. The molecule has 3 heterocycles. The van der Waals surface area contributed by atoms with E-state index in [2.05, 4.69) is 27.5 Å². The summed E-state index contributed by atoms with van der Waals surface area (Å²) < 4.78 is 13.0. The highest BCUT2D eigenvalue weighted by molar-refractivity contribution is 7.80. The number of thiocarbonyl (C=S) groups is 1. The van der Waals surface area contributed by atoms with Crippen LogP contribution in [-0.2, 0) is 7.05 Å². The highest BCUT2D eigenvalue weighted by Crippen LogP contribution is 2.45. The second-order valence-electron chi connectivity index (χ2n) is 6.64. The summed E-state index contributed by atoms with van der Waals surface area (Å²) >= 11 is 5.75. The van der Waals surface area contributed by atoms with Gasteiger partial charge in [-0.2, -0.15) is 0 Å². The van der Waals surface area contributed by atoms with E-state index in [1.165, 1.54) is 0 Å². The Balaban J connectivity index is 1.84. The quantitative estimate of drug-likeness (QED) is 0.667. The largest absolute Gasteiger partial charge is 0.497 e. The molecule has 1 N–H and O–H groups in total. The van der Waals surface area contributed by atoms with Crippen LogP contribution in [0.3, 0.4) is 0 Å². The number of hydrogen-bond acceptors (Lipinski definition) is 4. The van der Waals surface area contributed by atoms with Crippen LogP contribution in [0.1, 0.15) is 23.3 Å². The number of methoxy groups -OCH3 is 2. The van der Waals surface area contributed by atoms with Gasteiger partial charge in [0.05, 0.1) is 37.7 Å². The molecule has 0 unspecified atom stereocenters. The standard InChI is InChI=1S/C21H22N4O2S/c1-24-11-9-14(13-24)20-19(16-6-4-5-10-22-16)23-21(28)25(20)17-8-7-15(26-2)12-18(17)27-3/h4-13,19-20H,1-3H3,(H,23,28)/t19-,20+/m1/s1. The fourth-order valence-electron chi connectivity index (χ4n) is 3.64. The Morgan fingerprint density at radius 1 is 1.11 bits per heavy atom. The van der Waals surface area contributed by atoms with Crippen LogP contribution in [0.25, 0.3) is 0 Å². The number of rotatable bonds is 5. The first kappa shape index (κ1) is 18.3. The van der Waals surface area contributed by atoms with Crippen molar-refractivity contribution in [1.82, 2.24) is 14.9 Å². The number of nitrogens with zero attached hydrogens (tertiary/aromatic N) is 3. The van der Waals surface area contributed by atoms with Gasteiger partial charge in [-0.05, 0) is 48.1 Å². The van der Waals surface area contributed by atoms with E-state index in [4.69, 9.17) is 21.7 Å². The number of ether oxygens (including phenoxy) is 2. The highest BCUT2D eigenvalue weighted by Gasteiger charge is 2.42. The molecule has 1 aromatic carbocycles. The van der Waals surface area contributed by atoms with Crippen molar-refractivity contribution in [2.24, 2.45) is 7.05 Å².